The first kappa shape index (κ1) is 20.9. The van der Waals surface area contributed by atoms with Gasteiger partial charge in [-0.15, -0.1) is 11.3 Å². The summed E-state index contributed by atoms with van der Waals surface area (Å²) < 4.78 is 25.9. The van der Waals surface area contributed by atoms with Crippen LogP contribution in [-0.4, -0.2) is 25.1 Å². The number of nitrogens with zero attached hydrogens (tertiary/aromatic N) is 1. The summed E-state index contributed by atoms with van der Waals surface area (Å²) in [4.78, 5) is 29.5. The molecule has 0 bridgehead atoms. The number of nitrogen functional groups attached to an aromatic ring is 1. The molecule has 0 aliphatic heterocycles. The lowest BCUT2D eigenvalue weighted by molar-refractivity contribution is -0.117. The van der Waals surface area contributed by atoms with Gasteiger partial charge in [-0.05, 0) is 49.2 Å². The molecule has 0 aliphatic carbocycles. The largest absolute Gasteiger partial charge is 0.397 e. The molecule has 1 amide bonds. The van der Waals surface area contributed by atoms with Gasteiger partial charge in [-0.25, -0.2) is 18.1 Å². The van der Waals surface area contributed by atoms with Crippen molar-refractivity contribution in [2.45, 2.75) is 38.0 Å². The Bertz CT molecular complexity index is 1180. The van der Waals surface area contributed by atoms with Gasteiger partial charge < -0.3 is 5.73 Å². The van der Waals surface area contributed by atoms with E-state index in [1.165, 1.54) is 35.6 Å². The molecule has 3 rings (SSSR count). The normalized spacial score (nSPS) is 11.5. The summed E-state index contributed by atoms with van der Waals surface area (Å²) in [5.74, 6) is -0.988. The number of nitrogens with one attached hydrogen (secondary N) is 1. The maximum Gasteiger partial charge on any atom is 0.264 e. The average Bonchev–Trinajstić information content (AvgIpc) is 3.01. The van der Waals surface area contributed by atoms with Gasteiger partial charge in [0, 0.05) is 23.6 Å². The minimum Gasteiger partial charge on any atom is -0.397 e. The highest BCUT2D eigenvalue weighted by Crippen LogP contribution is 2.34. The molecule has 29 heavy (non-hydrogen) atoms. The van der Waals surface area contributed by atoms with E-state index >= 15 is 0 Å². The number of pyridine rings is 1. The predicted molar refractivity (Wildman–Crippen MR) is 114 cm³/mol. The van der Waals surface area contributed by atoms with E-state index in [2.05, 4.69) is 11.9 Å². The number of unbranched alkanes of at least 4 members (excludes halogenated alkanes) is 1. The van der Waals surface area contributed by atoms with E-state index in [1.54, 1.807) is 0 Å². The maximum atomic E-state index is 12.9. The van der Waals surface area contributed by atoms with Crippen molar-refractivity contribution in [1.82, 2.24) is 9.71 Å². The van der Waals surface area contributed by atoms with Gasteiger partial charge in [0.1, 0.15) is 9.71 Å². The second-order valence-corrected chi connectivity index (χ2v) is 9.30. The van der Waals surface area contributed by atoms with Gasteiger partial charge in [0.15, 0.2) is 0 Å². The van der Waals surface area contributed by atoms with Crippen LogP contribution in [0.4, 0.5) is 5.69 Å². The zero-order chi connectivity index (χ0) is 21.2. The van der Waals surface area contributed by atoms with Gasteiger partial charge in [0.25, 0.3) is 10.0 Å². The van der Waals surface area contributed by atoms with Crippen LogP contribution in [0.15, 0.2) is 41.3 Å². The highest BCUT2D eigenvalue weighted by Gasteiger charge is 2.21. The fraction of sp³-hybridized carbons (Fsp3) is 0.250. The van der Waals surface area contributed by atoms with Crippen LogP contribution < -0.4 is 10.5 Å². The summed E-state index contributed by atoms with van der Waals surface area (Å²) in [7, 11) is -3.95. The number of carbonyl (C=O) groups excluding carboxylic acids is 2. The first-order valence-electron chi connectivity index (χ1n) is 9.09. The van der Waals surface area contributed by atoms with Crippen LogP contribution in [0.2, 0.25) is 0 Å². The van der Waals surface area contributed by atoms with Crippen molar-refractivity contribution in [3.8, 4) is 0 Å². The number of nitrogens with two attached hydrogens (primary N) is 1. The number of anilines is 1. The summed E-state index contributed by atoms with van der Waals surface area (Å²) in [5, 5.41) is 0.739. The molecule has 0 fully saturated rings. The van der Waals surface area contributed by atoms with E-state index in [0.717, 1.165) is 37.3 Å². The first-order chi connectivity index (χ1) is 13.7. The van der Waals surface area contributed by atoms with Crippen molar-refractivity contribution in [3.63, 3.8) is 0 Å². The van der Waals surface area contributed by atoms with Crippen molar-refractivity contribution in [1.29, 1.82) is 0 Å². The fourth-order valence-electron chi connectivity index (χ4n) is 2.87. The number of ketones is 1. The molecule has 3 N–H and O–H groups in total. The summed E-state index contributed by atoms with van der Waals surface area (Å²) in [6.07, 6.45) is 2.99. The monoisotopic (exact) mass is 431 g/mol. The second kappa shape index (κ2) is 8.30. The lowest BCUT2D eigenvalue weighted by atomic mass is 10.1. The SMILES string of the molecule is CCCCc1ccc2c(N)c(C(=O)c3ccc(S(=O)(=O)NC(C)=O)cc3)sc2n1. The molecule has 0 saturated heterocycles. The second-order valence-electron chi connectivity index (χ2n) is 6.62. The Balaban J connectivity index is 1.91. The van der Waals surface area contributed by atoms with Gasteiger partial charge in [-0.3, -0.25) is 9.59 Å². The third-order valence-electron chi connectivity index (χ3n) is 4.35. The van der Waals surface area contributed by atoms with Crippen LogP contribution in [0.5, 0.6) is 0 Å². The Labute approximate surface area is 173 Å². The van der Waals surface area contributed by atoms with Gasteiger partial charge in [0.05, 0.1) is 10.6 Å². The standard InChI is InChI=1S/C20H21N3O4S2/c1-3-4-5-14-8-11-16-17(21)19(28-20(16)22-14)18(25)13-6-9-15(10-7-13)29(26,27)23-12(2)24/h6-11H,3-5,21H2,1-2H3,(H,23,24). The molecule has 0 radical (unpaired) electrons. The van der Waals surface area contributed by atoms with E-state index in [4.69, 9.17) is 5.73 Å². The number of aromatic nitrogens is 1. The number of benzene rings is 1. The molecule has 0 aliphatic rings. The van der Waals surface area contributed by atoms with Crippen LogP contribution in [0.3, 0.4) is 0 Å². The van der Waals surface area contributed by atoms with Crippen LogP contribution in [0.25, 0.3) is 10.2 Å². The molecule has 152 valence electrons. The average molecular weight is 432 g/mol. The molecular formula is C20H21N3O4S2. The summed E-state index contributed by atoms with van der Waals surface area (Å²) >= 11 is 1.23. The minimum atomic E-state index is -3.95. The summed E-state index contributed by atoms with van der Waals surface area (Å²) in [5.41, 5.74) is 7.83. The van der Waals surface area contributed by atoms with Crippen molar-refractivity contribution in [3.05, 3.63) is 52.5 Å². The van der Waals surface area contributed by atoms with E-state index in [9.17, 15) is 18.0 Å². The molecule has 0 atom stereocenters. The lowest BCUT2D eigenvalue weighted by Gasteiger charge is -2.05. The number of aryl methyl sites for hydroxylation is 1. The Morgan fingerprint density at radius 2 is 1.83 bits per heavy atom. The van der Waals surface area contributed by atoms with Crippen molar-refractivity contribution < 1.29 is 18.0 Å². The Morgan fingerprint density at radius 1 is 1.14 bits per heavy atom. The van der Waals surface area contributed by atoms with Crippen LogP contribution >= 0.6 is 11.3 Å². The number of thiophene rings is 1. The van der Waals surface area contributed by atoms with E-state index in [0.29, 0.717) is 21.0 Å². The van der Waals surface area contributed by atoms with E-state index in [-0.39, 0.29) is 10.7 Å². The Kier molecular flexibility index (Phi) is 5.99. The smallest absolute Gasteiger partial charge is 0.264 e. The quantitative estimate of drug-likeness (QED) is 0.554. The summed E-state index contributed by atoms with van der Waals surface area (Å²) in [6.45, 7) is 3.23. The van der Waals surface area contributed by atoms with Crippen molar-refractivity contribution in [2.24, 2.45) is 0 Å². The van der Waals surface area contributed by atoms with E-state index in [1.807, 2.05) is 16.9 Å². The number of fused-ring (bicyclic) bond motifs is 1. The highest BCUT2D eigenvalue weighted by molar-refractivity contribution is 7.90. The molecule has 3 aromatic rings. The van der Waals surface area contributed by atoms with Crippen LogP contribution in [0, 0.1) is 0 Å². The molecule has 0 spiro atoms. The molecule has 0 saturated carbocycles. The number of amides is 1. The summed E-state index contributed by atoms with van der Waals surface area (Å²) in [6, 6.07) is 9.18. The van der Waals surface area contributed by atoms with Gasteiger partial charge in [-0.1, -0.05) is 13.3 Å². The fourth-order valence-corrected chi connectivity index (χ4v) is 4.93. The third kappa shape index (κ3) is 4.46. The zero-order valence-electron chi connectivity index (χ0n) is 16.1. The van der Waals surface area contributed by atoms with Crippen molar-refractivity contribution in [2.75, 3.05) is 5.73 Å². The number of sulfonamides is 1. The van der Waals surface area contributed by atoms with Gasteiger partial charge in [0.2, 0.25) is 11.7 Å². The van der Waals surface area contributed by atoms with Crippen molar-refractivity contribution >= 4 is 49.0 Å². The number of carbonyl (C=O) groups is 2. The Hall–Kier alpha value is -2.78. The zero-order valence-corrected chi connectivity index (χ0v) is 17.7. The predicted octanol–water partition coefficient (Wildman–Crippen LogP) is 3.28. The van der Waals surface area contributed by atoms with Gasteiger partial charge >= 0.3 is 0 Å². The minimum absolute atomic E-state index is 0.101. The van der Waals surface area contributed by atoms with Crippen LogP contribution in [-0.2, 0) is 21.2 Å². The first-order valence-corrected chi connectivity index (χ1v) is 11.4. The molecule has 2 aromatic heterocycles. The third-order valence-corrected chi connectivity index (χ3v) is 6.91. The maximum absolute atomic E-state index is 12.9. The number of rotatable bonds is 7. The number of hydrogen-bond donors (Lipinski definition) is 2. The number of hydrogen-bond acceptors (Lipinski definition) is 7. The molecule has 0 unspecified atom stereocenters. The van der Waals surface area contributed by atoms with E-state index < -0.39 is 15.9 Å². The molecule has 2 heterocycles. The van der Waals surface area contributed by atoms with Gasteiger partial charge in [-0.2, -0.15) is 0 Å². The Morgan fingerprint density at radius 3 is 2.45 bits per heavy atom. The lowest BCUT2D eigenvalue weighted by Crippen LogP contribution is -2.28. The molecule has 1 aromatic carbocycles. The molecule has 7 nitrogen and oxygen atoms in total. The topological polar surface area (TPSA) is 119 Å². The molecular weight excluding hydrogens is 410 g/mol. The molecule has 9 heteroatoms. The highest BCUT2D eigenvalue weighted by atomic mass is 32.2. The van der Waals surface area contributed by atoms with Crippen LogP contribution in [0.1, 0.15) is 47.6 Å².